The minimum atomic E-state index is -0.385. The van der Waals surface area contributed by atoms with Gasteiger partial charge < -0.3 is 9.80 Å². The summed E-state index contributed by atoms with van der Waals surface area (Å²) < 4.78 is 0. The average Bonchev–Trinajstić information content (AvgIpc) is 2.52. The molecule has 0 aromatic carbocycles. The van der Waals surface area contributed by atoms with Crippen LogP contribution in [0.1, 0.15) is 34.1 Å². The molecule has 23 heavy (non-hydrogen) atoms. The molecule has 6 heteroatoms. The minimum absolute atomic E-state index is 0.0182. The first-order valence-corrected chi connectivity index (χ1v) is 9.06. The third kappa shape index (κ3) is 4.05. The van der Waals surface area contributed by atoms with E-state index in [1.54, 1.807) is 16.0 Å². The van der Waals surface area contributed by atoms with Gasteiger partial charge >= 0.3 is 0 Å². The van der Waals surface area contributed by atoms with Gasteiger partial charge in [-0.3, -0.25) is 9.59 Å². The van der Waals surface area contributed by atoms with E-state index in [1.165, 1.54) is 11.8 Å². The highest BCUT2D eigenvalue weighted by Crippen LogP contribution is 2.39. The molecule has 2 heterocycles. The van der Waals surface area contributed by atoms with Crippen LogP contribution in [0.3, 0.4) is 0 Å². The highest BCUT2D eigenvalue weighted by molar-refractivity contribution is 8.00. The molecule has 1 aromatic heterocycles. The molecule has 1 atom stereocenters. The number of rotatable bonds is 6. The zero-order valence-corrected chi connectivity index (χ0v) is 15.1. The van der Waals surface area contributed by atoms with Crippen LogP contribution in [0.15, 0.2) is 23.4 Å². The lowest BCUT2D eigenvalue weighted by Crippen LogP contribution is -2.45. The van der Waals surface area contributed by atoms with Gasteiger partial charge in [0.2, 0.25) is 11.8 Å². The van der Waals surface area contributed by atoms with Crippen molar-refractivity contribution in [3.05, 3.63) is 18.3 Å². The number of hydrogen-bond acceptors (Lipinski definition) is 4. The molecule has 0 N–H and O–H groups in total. The lowest BCUT2D eigenvalue weighted by atomic mass is 10.1. The van der Waals surface area contributed by atoms with Gasteiger partial charge in [-0.25, -0.2) is 4.98 Å². The maximum atomic E-state index is 12.9. The summed E-state index contributed by atoms with van der Waals surface area (Å²) in [5.41, 5.74) is 0.864. The quantitative estimate of drug-likeness (QED) is 0.802. The van der Waals surface area contributed by atoms with Gasteiger partial charge in [-0.2, -0.15) is 0 Å². The summed E-state index contributed by atoms with van der Waals surface area (Å²) >= 11 is 1.41. The Hall–Kier alpha value is -1.56. The number of thioether (sulfide) groups is 1. The van der Waals surface area contributed by atoms with E-state index < -0.39 is 0 Å². The molecule has 1 aromatic rings. The van der Waals surface area contributed by atoms with Crippen molar-refractivity contribution in [1.82, 2.24) is 9.88 Å². The van der Waals surface area contributed by atoms with E-state index in [-0.39, 0.29) is 23.5 Å². The number of amides is 2. The number of carbonyl (C=O) groups is 2. The molecule has 0 radical (unpaired) electrons. The Morgan fingerprint density at radius 1 is 1.39 bits per heavy atom. The van der Waals surface area contributed by atoms with Crippen molar-refractivity contribution < 1.29 is 9.59 Å². The summed E-state index contributed by atoms with van der Waals surface area (Å²) in [5.74, 6) is 0.406. The first-order valence-electron chi connectivity index (χ1n) is 8.18. The lowest BCUT2D eigenvalue weighted by Gasteiger charge is -2.34. The molecule has 0 saturated carbocycles. The molecule has 0 unspecified atom stereocenters. The van der Waals surface area contributed by atoms with Gasteiger partial charge in [0.05, 0.1) is 10.9 Å². The molecule has 1 aliphatic rings. The van der Waals surface area contributed by atoms with Crippen molar-refractivity contribution in [2.75, 3.05) is 24.5 Å². The molecule has 1 aliphatic heterocycles. The van der Waals surface area contributed by atoms with Gasteiger partial charge in [-0.05, 0) is 31.9 Å². The summed E-state index contributed by atoms with van der Waals surface area (Å²) in [5, 5.41) is 0.453. The Morgan fingerprint density at radius 2 is 2.09 bits per heavy atom. The van der Waals surface area contributed by atoms with E-state index >= 15 is 0 Å². The van der Waals surface area contributed by atoms with Crippen molar-refractivity contribution in [2.45, 2.75) is 44.4 Å². The van der Waals surface area contributed by atoms with Gasteiger partial charge in [0.1, 0.15) is 5.03 Å². The van der Waals surface area contributed by atoms with Crippen LogP contribution in [0.4, 0.5) is 5.69 Å². The number of aromatic nitrogens is 1. The minimum Gasteiger partial charge on any atom is -0.343 e. The molecule has 0 fully saturated rings. The summed E-state index contributed by atoms with van der Waals surface area (Å²) in [6.07, 6.45) is 1.97. The van der Waals surface area contributed by atoms with Gasteiger partial charge in [0.15, 0.2) is 0 Å². The molecule has 126 valence electrons. The first kappa shape index (κ1) is 17.8. The molecule has 0 aliphatic carbocycles. The number of anilines is 1. The zero-order chi connectivity index (χ0) is 17.0. The standard InChI is InChI=1S/C17H25N3O2S/c1-5-19(6-2)15(21)10-14-17(22)20(11-12(3)4)13-8-7-9-18-16(13)23-14/h7-9,12,14H,5-6,10-11H2,1-4H3/t14-/m0/s1. The molecule has 0 spiro atoms. The number of fused-ring (bicyclic) bond motifs is 1. The van der Waals surface area contributed by atoms with Gasteiger partial charge in [0.25, 0.3) is 0 Å². The average molecular weight is 335 g/mol. The van der Waals surface area contributed by atoms with E-state index in [0.29, 0.717) is 25.6 Å². The number of nitrogens with zero attached hydrogens (tertiary/aromatic N) is 3. The van der Waals surface area contributed by atoms with E-state index in [9.17, 15) is 9.59 Å². The summed E-state index contributed by atoms with van der Waals surface area (Å²) in [7, 11) is 0. The molecule has 5 nitrogen and oxygen atoms in total. The Labute approximate surface area is 142 Å². The van der Waals surface area contributed by atoms with Crippen LogP contribution in [0.2, 0.25) is 0 Å². The number of carbonyl (C=O) groups excluding carboxylic acids is 2. The van der Waals surface area contributed by atoms with Gasteiger partial charge in [0, 0.05) is 32.3 Å². The van der Waals surface area contributed by atoms with E-state index in [2.05, 4.69) is 18.8 Å². The fraction of sp³-hybridized carbons (Fsp3) is 0.588. The highest BCUT2D eigenvalue weighted by atomic mass is 32.2. The monoisotopic (exact) mass is 335 g/mol. The molecule has 2 rings (SSSR count). The SMILES string of the molecule is CCN(CC)C(=O)C[C@@H]1Sc2ncccc2N(CC(C)C)C1=O. The zero-order valence-electron chi connectivity index (χ0n) is 14.3. The van der Waals surface area contributed by atoms with Crippen LogP contribution in [-0.2, 0) is 9.59 Å². The predicted molar refractivity (Wildman–Crippen MR) is 93.6 cm³/mol. The topological polar surface area (TPSA) is 53.5 Å². The van der Waals surface area contributed by atoms with E-state index in [0.717, 1.165) is 10.7 Å². The van der Waals surface area contributed by atoms with Crippen LogP contribution < -0.4 is 4.90 Å². The largest absolute Gasteiger partial charge is 0.343 e. The van der Waals surface area contributed by atoms with E-state index in [1.807, 2.05) is 26.0 Å². The lowest BCUT2D eigenvalue weighted by molar-refractivity contribution is -0.132. The second kappa shape index (κ2) is 7.81. The number of pyridine rings is 1. The smallest absolute Gasteiger partial charge is 0.241 e. The van der Waals surface area contributed by atoms with Crippen molar-refractivity contribution in [2.24, 2.45) is 5.92 Å². The van der Waals surface area contributed by atoms with Crippen molar-refractivity contribution in [3.8, 4) is 0 Å². The second-order valence-electron chi connectivity index (χ2n) is 6.05. The third-order valence-electron chi connectivity index (χ3n) is 3.86. The number of hydrogen-bond donors (Lipinski definition) is 0. The second-order valence-corrected chi connectivity index (χ2v) is 7.24. The third-order valence-corrected chi connectivity index (χ3v) is 5.05. The summed E-state index contributed by atoms with van der Waals surface area (Å²) in [6, 6.07) is 3.78. The maximum Gasteiger partial charge on any atom is 0.241 e. The Morgan fingerprint density at radius 3 is 2.70 bits per heavy atom. The predicted octanol–water partition coefficient (Wildman–Crippen LogP) is 2.80. The molecule has 2 amide bonds. The molecular formula is C17H25N3O2S. The highest BCUT2D eigenvalue weighted by Gasteiger charge is 2.36. The maximum absolute atomic E-state index is 12.9. The van der Waals surface area contributed by atoms with Gasteiger partial charge in [-0.15, -0.1) is 0 Å². The van der Waals surface area contributed by atoms with Crippen LogP contribution in [0, 0.1) is 5.92 Å². The fourth-order valence-electron chi connectivity index (χ4n) is 2.70. The van der Waals surface area contributed by atoms with Gasteiger partial charge in [-0.1, -0.05) is 25.6 Å². The summed E-state index contributed by atoms with van der Waals surface area (Å²) in [6.45, 7) is 10.1. The van der Waals surface area contributed by atoms with Crippen LogP contribution in [0.25, 0.3) is 0 Å². The Bertz CT molecular complexity index is 573. The fourth-order valence-corrected chi connectivity index (χ4v) is 3.85. The Kier molecular flexibility index (Phi) is 6.04. The normalized spacial score (nSPS) is 17.3. The van der Waals surface area contributed by atoms with Crippen molar-refractivity contribution in [3.63, 3.8) is 0 Å². The van der Waals surface area contributed by atoms with Crippen LogP contribution >= 0.6 is 11.8 Å². The Balaban J connectivity index is 2.23. The van der Waals surface area contributed by atoms with Crippen molar-refractivity contribution >= 4 is 29.3 Å². The first-order chi connectivity index (χ1) is 11.0. The van der Waals surface area contributed by atoms with E-state index in [4.69, 9.17) is 0 Å². The van der Waals surface area contributed by atoms with Crippen molar-refractivity contribution in [1.29, 1.82) is 0 Å². The molecule has 0 saturated heterocycles. The van der Waals surface area contributed by atoms with Crippen LogP contribution in [0.5, 0.6) is 0 Å². The summed E-state index contributed by atoms with van der Waals surface area (Å²) in [4.78, 5) is 33.2. The molecule has 0 bridgehead atoms. The molecular weight excluding hydrogens is 310 g/mol. The van der Waals surface area contributed by atoms with Crippen LogP contribution in [-0.4, -0.2) is 46.6 Å².